The van der Waals surface area contributed by atoms with Gasteiger partial charge in [0.15, 0.2) is 0 Å². The lowest BCUT2D eigenvalue weighted by atomic mass is 10.2. The molecule has 0 aromatic heterocycles. The molecule has 0 bridgehead atoms. The minimum Gasteiger partial charge on any atom is -0.490 e. The molecule has 0 aliphatic rings. The maximum Gasteiger partial charge on any atom is 0.122 e. The molecule has 1 N–H and O–H groups in total. The van der Waals surface area contributed by atoms with Gasteiger partial charge in [0.05, 0.1) is 0 Å². The molecule has 0 unspecified atom stereocenters. The number of nitrogens with one attached hydrogen (secondary N) is 1. The Morgan fingerprint density at radius 3 is 2.09 bits per heavy atom. The van der Waals surface area contributed by atoms with E-state index in [1.807, 2.05) is 42.5 Å². The lowest BCUT2D eigenvalue weighted by Crippen LogP contribution is -2.16. The maximum atomic E-state index is 5.68. The van der Waals surface area contributed by atoms with E-state index in [0.717, 1.165) is 37.6 Å². The minimum absolute atomic E-state index is 0.531. The van der Waals surface area contributed by atoms with Crippen molar-refractivity contribution in [2.24, 2.45) is 0 Å². The van der Waals surface area contributed by atoms with Crippen LogP contribution >= 0.6 is 0 Å². The van der Waals surface area contributed by atoms with Crippen molar-refractivity contribution < 1.29 is 14.2 Å². The van der Waals surface area contributed by atoms with Crippen molar-refractivity contribution in [1.29, 1.82) is 0 Å². The van der Waals surface area contributed by atoms with Gasteiger partial charge in [0, 0.05) is 20.3 Å². The first-order valence-electron chi connectivity index (χ1n) is 7.98. The minimum atomic E-state index is 0.531. The van der Waals surface area contributed by atoms with E-state index in [-0.39, 0.29) is 0 Å². The first-order valence-corrected chi connectivity index (χ1v) is 7.98. The van der Waals surface area contributed by atoms with Gasteiger partial charge in [-0.25, -0.2) is 0 Å². The van der Waals surface area contributed by atoms with E-state index in [2.05, 4.69) is 17.4 Å². The smallest absolute Gasteiger partial charge is 0.122 e. The quantitative estimate of drug-likeness (QED) is 0.646. The van der Waals surface area contributed by atoms with Gasteiger partial charge in [-0.15, -0.1) is 0 Å². The Bertz CT molecular complexity index is 528. The Morgan fingerprint density at radius 2 is 1.43 bits per heavy atom. The molecule has 4 nitrogen and oxygen atoms in total. The molecule has 2 aromatic carbocycles. The zero-order chi connectivity index (χ0) is 16.2. The van der Waals surface area contributed by atoms with Gasteiger partial charge < -0.3 is 19.5 Å². The van der Waals surface area contributed by atoms with Crippen LogP contribution in [0.4, 0.5) is 0 Å². The SMILES string of the molecule is COCCCNCc1ccc(OCCOc2ccccc2)cc1. The molecule has 4 heteroatoms. The van der Waals surface area contributed by atoms with Gasteiger partial charge in [-0.2, -0.15) is 0 Å². The fourth-order valence-electron chi connectivity index (χ4n) is 2.11. The van der Waals surface area contributed by atoms with Crippen molar-refractivity contribution in [2.45, 2.75) is 13.0 Å². The van der Waals surface area contributed by atoms with Crippen LogP contribution in [0.2, 0.25) is 0 Å². The third kappa shape index (κ3) is 7.17. The van der Waals surface area contributed by atoms with Crippen molar-refractivity contribution in [3.8, 4) is 11.5 Å². The van der Waals surface area contributed by atoms with Crippen molar-refractivity contribution >= 4 is 0 Å². The average molecular weight is 315 g/mol. The number of benzene rings is 2. The molecule has 0 heterocycles. The van der Waals surface area contributed by atoms with Crippen LogP contribution < -0.4 is 14.8 Å². The first kappa shape index (κ1) is 17.3. The highest BCUT2D eigenvalue weighted by molar-refractivity contribution is 5.27. The molecule has 0 atom stereocenters. The third-order valence-electron chi connectivity index (χ3n) is 3.32. The standard InChI is InChI=1S/C19H25NO3/c1-21-13-5-12-20-16-17-8-10-19(11-9-17)23-15-14-22-18-6-3-2-4-7-18/h2-4,6-11,20H,5,12-16H2,1H3. The molecule has 0 aliphatic carbocycles. The summed E-state index contributed by atoms with van der Waals surface area (Å²) in [7, 11) is 1.73. The Labute approximate surface area is 138 Å². The van der Waals surface area contributed by atoms with Gasteiger partial charge in [-0.05, 0) is 42.8 Å². The van der Waals surface area contributed by atoms with Gasteiger partial charge in [-0.1, -0.05) is 30.3 Å². The van der Waals surface area contributed by atoms with E-state index in [1.54, 1.807) is 7.11 Å². The number of ether oxygens (including phenoxy) is 3. The maximum absolute atomic E-state index is 5.68. The van der Waals surface area contributed by atoms with E-state index in [9.17, 15) is 0 Å². The third-order valence-corrected chi connectivity index (χ3v) is 3.32. The summed E-state index contributed by atoms with van der Waals surface area (Å²) in [4.78, 5) is 0. The monoisotopic (exact) mass is 315 g/mol. The van der Waals surface area contributed by atoms with Crippen molar-refractivity contribution in [3.05, 3.63) is 60.2 Å². The summed E-state index contributed by atoms with van der Waals surface area (Å²) in [5.74, 6) is 1.73. The summed E-state index contributed by atoms with van der Waals surface area (Å²) in [5, 5.41) is 3.39. The molecule has 0 saturated heterocycles. The first-order chi connectivity index (χ1) is 11.4. The predicted octanol–water partition coefficient (Wildman–Crippen LogP) is 3.27. The molecule has 0 radical (unpaired) electrons. The van der Waals surface area contributed by atoms with E-state index >= 15 is 0 Å². The van der Waals surface area contributed by atoms with Crippen LogP contribution in [0, 0.1) is 0 Å². The van der Waals surface area contributed by atoms with Crippen LogP contribution in [0.15, 0.2) is 54.6 Å². The lowest BCUT2D eigenvalue weighted by Gasteiger charge is -2.09. The summed E-state index contributed by atoms with van der Waals surface area (Å²) >= 11 is 0. The normalized spacial score (nSPS) is 10.5. The molecule has 0 spiro atoms. The molecule has 0 saturated carbocycles. The van der Waals surface area contributed by atoms with Crippen molar-refractivity contribution in [1.82, 2.24) is 5.32 Å². The Kier molecular flexibility index (Phi) is 8.02. The second-order valence-electron chi connectivity index (χ2n) is 5.18. The van der Waals surface area contributed by atoms with Crippen LogP contribution in [0.3, 0.4) is 0 Å². The summed E-state index contributed by atoms with van der Waals surface area (Å²) in [5.41, 5.74) is 1.25. The topological polar surface area (TPSA) is 39.7 Å². The molecular weight excluding hydrogens is 290 g/mol. The molecule has 2 aromatic rings. The molecule has 2 rings (SSSR count). The van der Waals surface area contributed by atoms with E-state index in [4.69, 9.17) is 14.2 Å². The van der Waals surface area contributed by atoms with Crippen molar-refractivity contribution in [2.75, 3.05) is 33.5 Å². The van der Waals surface area contributed by atoms with Gasteiger partial charge in [0.2, 0.25) is 0 Å². The predicted molar refractivity (Wildman–Crippen MR) is 92.1 cm³/mol. The fourth-order valence-corrected chi connectivity index (χ4v) is 2.11. The lowest BCUT2D eigenvalue weighted by molar-refractivity contribution is 0.194. The van der Waals surface area contributed by atoms with E-state index in [1.165, 1.54) is 5.56 Å². The molecule has 124 valence electrons. The number of hydrogen-bond donors (Lipinski definition) is 1. The van der Waals surface area contributed by atoms with Crippen LogP contribution in [-0.2, 0) is 11.3 Å². The summed E-state index contributed by atoms with van der Waals surface area (Å²) < 4.78 is 16.3. The molecule has 0 fully saturated rings. The summed E-state index contributed by atoms with van der Waals surface area (Å²) in [6.45, 7) is 3.69. The molecule has 0 aliphatic heterocycles. The number of methoxy groups -OCH3 is 1. The second-order valence-corrected chi connectivity index (χ2v) is 5.18. The van der Waals surface area contributed by atoms with Crippen LogP contribution in [0.25, 0.3) is 0 Å². The van der Waals surface area contributed by atoms with Crippen molar-refractivity contribution in [3.63, 3.8) is 0 Å². The summed E-state index contributed by atoms with van der Waals surface area (Å²) in [6, 6.07) is 17.9. The van der Waals surface area contributed by atoms with Gasteiger partial charge in [-0.3, -0.25) is 0 Å². The molecular formula is C19H25NO3. The highest BCUT2D eigenvalue weighted by Gasteiger charge is 1.97. The summed E-state index contributed by atoms with van der Waals surface area (Å²) in [6.07, 6.45) is 1.03. The molecule has 23 heavy (non-hydrogen) atoms. The number of para-hydroxylation sites is 1. The molecule has 0 amide bonds. The van der Waals surface area contributed by atoms with Gasteiger partial charge in [0.1, 0.15) is 24.7 Å². The van der Waals surface area contributed by atoms with Gasteiger partial charge >= 0.3 is 0 Å². The highest BCUT2D eigenvalue weighted by Crippen LogP contribution is 2.12. The Morgan fingerprint density at radius 1 is 0.783 bits per heavy atom. The second kappa shape index (κ2) is 10.6. The highest BCUT2D eigenvalue weighted by atomic mass is 16.5. The largest absolute Gasteiger partial charge is 0.490 e. The van der Waals surface area contributed by atoms with Crippen LogP contribution in [0.1, 0.15) is 12.0 Å². The average Bonchev–Trinajstić information content (AvgIpc) is 2.61. The fraction of sp³-hybridized carbons (Fsp3) is 0.368. The van der Waals surface area contributed by atoms with E-state index in [0.29, 0.717) is 13.2 Å². The number of rotatable bonds is 11. The number of hydrogen-bond acceptors (Lipinski definition) is 4. The zero-order valence-corrected chi connectivity index (χ0v) is 13.7. The Hall–Kier alpha value is -2.04. The van der Waals surface area contributed by atoms with Gasteiger partial charge in [0.25, 0.3) is 0 Å². The zero-order valence-electron chi connectivity index (χ0n) is 13.7. The Balaban J connectivity index is 1.61. The van der Waals surface area contributed by atoms with Crippen LogP contribution in [0.5, 0.6) is 11.5 Å². The van der Waals surface area contributed by atoms with E-state index < -0.39 is 0 Å². The van der Waals surface area contributed by atoms with Crippen LogP contribution in [-0.4, -0.2) is 33.5 Å².